The van der Waals surface area contributed by atoms with Gasteiger partial charge in [-0.25, -0.2) is 4.79 Å². The van der Waals surface area contributed by atoms with Crippen LogP contribution in [0.2, 0.25) is 0 Å². The molecule has 0 bridgehead atoms. The van der Waals surface area contributed by atoms with E-state index in [9.17, 15) is 4.79 Å². The monoisotopic (exact) mass is 438 g/mol. The quantitative estimate of drug-likeness (QED) is 0.279. The summed E-state index contributed by atoms with van der Waals surface area (Å²) in [6, 6.07) is 37.3. The molecule has 4 rings (SSSR count). The normalized spacial score (nSPS) is 12.2. The summed E-state index contributed by atoms with van der Waals surface area (Å²) in [6.45, 7) is 5.70. The van der Waals surface area contributed by atoms with Crippen LogP contribution in [0.1, 0.15) is 31.1 Å². The second-order valence-corrected chi connectivity index (χ2v) is 10.7. The van der Waals surface area contributed by atoms with Crippen molar-refractivity contribution >= 4 is 29.8 Å². The fourth-order valence-corrected chi connectivity index (χ4v) is 6.30. The van der Waals surface area contributed by atoms with Gasteiger partial charge in [-0.3, -0.25) is 0 Å². The van der Waals surface area contributed by atoms with Crippen molar-refractivity contribution in [2.75, 3.05) is 0 Å². The fraction of sp³-hybridized carbons (Fsp3) is 0.138. The molecule has 0 aromatic heterocycles. The van der Waals surface area contributed by atoms with Crippen LogP contribution in [0.3, 0.4) is 0 Å². The van der Waals surface area contributed by atoms with E-state index in [1.165, 1.54) is 21.7 Å². The first-order valence-electron chi connectivity index (χ1n) is 10.8. The molecule has 0 radical (unpaired) electrons. The highest BCUT2D eigenvalue weighted by Gasteiger charge is 2.27. The van der Waals surface area contributed by atoms with Gasteiger partial charge >= 0.3 is 5.97 Å². The van der Waals surface area contributed by atoms with Gasteiger partial charge in [0, 0.05) is 0 Å². The summed E-state index contributed by atoms with van der Waals surface area (Å²) >= 11 is 0. The van der Waals surface area contributed by atoms with Gasteiger partial charge in [0.15, 0.2) is 0 Å². The molecule has 0 heterocycles. The van der Waals surface area contributed by atoms with E-state index < -0.39 is 13.5 Å². The summed E-state index contributed by atoms with van der Waals surface area (Å²) in [5.41, 5.74) is 2.42. The second kappa shape index (κ2) is 9.51. The number of ether oxygens (including phenoxy) is 1. The van der Waals surface area contributed by atoms with Gasteiger partial charge in [-0.15, -0.1) is 0 Å². The SMILES string of the molecule is CC(C)(C)OC(=O)c1ccccc1P(c1ccccc1)c1ccccc1-c1ccccc1. The van der Waals surface area contributed by atoms with Crippen molar-refractivity contribution in [1.82, 2.24) is 0 Å². The molecular formula is C29H27O2P. The molecule has 3 heteroatoms. The molecule has 0 fully saturated rings. The second-order valence-electron chi connectivity index (χ2n) is 8.57. The molecule has 32 heavy (non-hydrogen) atoms. The Bertz CT molecular complexity index is 1190. The van der Waals surface area contributed by atoms with Crippen molar-refractivity contribution in [2.24, 2.45) is 0 Å². The number of esters is 1. The molecular weight excluding hydrogens is 411 g/mol. The van der Waals surface area contributed by atoms with E-state index in [4.69, 9.17) is 4.74 Å². The van der Waals surface area contributed by atoms with Crippen LogP contribution in [0, 0.1) is 0 Å². The van der Waals surface area contributed by atoms with Crippen LogP contribution in [-0.4, -0.2) is 11.6 Å². The maximum atomic E-state index is 13.2. The molecule has 4 aromatic carbocycles. The zero-order valence-corrected chi connectivity index (χ0v) is 19.6. The summed E-state index contributed by atoms with van der Waals surface area (Å²) in [7, 11) is -0.986. The first-order valence-corrected chi connectivity index (χ1v) is 12.1. The third kappa shape index (κ3) is 4.98. The highest BCUT2D eigenvalue weighted by molar-refractivity contribution is 7.80. The van der Waals surface area contributed by atoms with Gasteiger partial charge in [0.25, 0.3) is 0 Å². The number of carbonyl (C=O) groups is 1. The molecule has 0 aliphatic carbocycles. The Labute approximate surface area is 191 Å². The lowest BCUT2D eigenvalue weighted by atomic mass is 10.1. The first-order chi connectivity index (χ1) is 15.4. The van der Waals surface area contributed by atoms with Crippen molar-refractivity contribution in [2.45, 2.75) is 26.4 Å². The third-order valence-electron chi connectivity index (χ3n) is 5.01. The summed E-state index contributed by atoms with van der Waals surface area (Å²) in [5, 5.41) is 3.42. The number of rotatable bonds is 5. The largest absolute Gasteiger partial charge is 0.456 e. The van der Waals surface area contributed by atoms with E-state index in [0.717, 1.165) is 5.30 Å². The van der Waals surface area contributed by atoms with E-state index >= 15 is 0 Å². The van der Waals surface area contributed by atoms with E-state index in [0.29, 0.717) is 5.56 Å². The lowest BCUT2D eigenvalue weighted by Crippen LogP contribution is -2.30. The van der Waals surface area contributed by atoms with Gasteiger partial charge in [0.2, 0.25) is 0 Å². The Kier molecular flexibility index (Phi) is 6.53. The topological polar surface area (TPSA) is 26.3 Å². The molecule has 4 aromatic rings. The van der Waals surface area contributed by atoms with Gasteiger partial charge < -0.3 is 4.74 Å². The first kappa shape index (κ1) is 22.0. The molecule has 1 unspecified atom stereocenters. The zero-order valence-electron chi connectivity index (χ0n) is 18.7. The van der Waals surface area contributed by atoms with Crippen LogP contribution in [0.4, 0.5) is 0 Å². The Hall–Kier alpha value is -3.22. The summed E-state index contributed by atoms with van der Waals surface area (Å²) in [4.78, 5) is 13.2. The van der Waals surface area contributed by atoms with Crippen LogP contribution in [0.25, 0.3) is 11.1 Å². The third-order valence-corrected chi connectivity index (χ3v) is 7.57. The number of hydrogen-bond acceptors (Lipinski definition) is 2. The fourth-order valence-electron chi connectivity index (χ4n) is 3.69. The van der Waals surface area contributed by atoms with Gasteiger partial charge in [-0.2, -0.15) is 0 Å². The van der Waals surface area contributed by atoms with Crippen molar-refractivity contribution in [3.63, 3.8) is 0 Å². The van der Waals surface area contributed by atoms with Gasteiger partial charge in [-0.05, 0) is 61.8 Å². The molecule has 0 aliphatic rings. The van der Waals surface area contributed by atoms with Crippen molar-refractivity contribution < 1.29 is 9.53 Å². The maximum absolute atomic E-state index is 13.2. The Morgan fingerprint density at radius 1 is 0.656 bits per heavy atom. The predicted molar refractivity (Wildman–Crippen MR) is 136 cm³/mol. The molecule has 0 spiro atoms. The minimum atomic E-state index is -0.986. The minimum Gasteiger partial charge on any atom is -0.456 e. The molecule has 0 amide bonds. The molecule has 160 valence electrons. The van der Waals surface area contributed by atoms with Crippen LogP contribution in [0.5, 0.6) is 0 Å². The molecule has 0 saturated carbocycles. The Morgan fingerprint density at radius 3 is 1.84 bits per heavy atom. The zero-order chi connectivity index (χ0) is 22.6. The van der Waals surface area contributed by atoms with Gasteiger partial charge in [0.05, 0.1) is 5.56 Å². The van der Waals surface area contributed by atoms with Crippen LogP contribution >= 0.6 is 7.92 Å². The number of hydrogen-bond donors (Lipinski definition) is 0. The van der Waals surface area contributed by atoms with E-state index in [-0.39, 0.29) is 5.97 Å². The van der Waals surface area contributed by atoms with Crippen LogP contribution in [0.15, 0.2) is 109 Å². The molecule has 1 atom stereocenters. The highest BCUT2D eigenvalue weighted by Crippen LogP contribution is 2.38. The van der Waals surface area contributed by atoms with E-state index in [2.05, 4.69) is 78.9 Å². The Balaban J connectivity index is 1.93. The summed E-state index contributed by atoms with van der Waals surface area (Å²) in [5.74, 6) is -0.284. The highest BCUT2D eigenvalue weighted by atomic mass is 31.1. The van der Waals surface area contributed by atoms with Gasteiger partial charge in [-0.1, -0.05) is 103 Å². The molecule has 0 N–H and O–H groups in total. The van der Waals surface area contributed by atoms with E-state index in [1.807, 2.05) is 51.1 Å². The standard InChI is InChI=1S/C29H27O2P/c1-29(2,3)31-28(30)25-19-11-13-21-27(25)32(23-16-8-5-9-17-23)26-20-12-10-18-24(26)22-14-6-4-7-15-22/h4-21H,1-3H3. The lowest BCUT2D eigenvalue weighted by molar-refractivity contribution is 0.00711. The number of carbonyl (C=O) groups excluding carboxylic acids is 1. The predicted octanol–water partition coefficient (Wildman–Crippen LogP) is 6.07. The lowest BCUT2D eigenvalue weighted by Gasteiger charge is -2.26. The Morgan fingerprint density at radius 2 is 1.19 bits per heavy atom. The smallest absolute Gasteiger partial charge is 0.339 e. The van der Waals surface area contributed by atoms with Crippen LogP contribution in [-0.2, 0) is 4.74 Å². The van der Waals surface area contributed by atoms with Crippen LogP contribution < -0.4 is 15.9 Å². The molecule has 2 nitrogen and oxygen atoms in total. The van der Waals surface area contributed by atoms with E-state index in [1.54, 1.807) is 0 Å². The van der Waals surface area contributed by atoms with Crippen molar-refractivity contribution in [3.05, 3.63) is 115 Å². The van der Waals surface area contributed by atoms with Crippen molar-refractivity contribution in [1.29, 1.82) is 0 Å². The molecule has 0 aliphatic heterocycles. The molecule has 0 saturated heterocycles. The average molecular weight is 439 g/mol. The average Bonchev–Trinajstić information content (AvgIpc) is 2.80. The number of benzene rings is 4. The summed E-state index contributed by atoms with van der Waals surface area (Å²) in [6.07, 6.45) is 0. The maximum Gasteiger partial charge on any atom is 0.339 e. The van der Waals surface area contributed by atoms with Crippen molar-refractivity contribution in [3.8, 4) is 11.1 Å². The minimum absolute atomic E-state index is 0.284. The summed E-state index contributed by atoms with van der Waals surface area (Å²) < 4.78 is 5.77. The van der Waals surface area contributed by atoms with Gasteiger partial charge in [0.1, 0.15) is 5.60 Å².